The van der Waals surface area contributed by atoms with E-state index < -0.39 is 0 Å². The molecule has 0 rings (SSSR count). The molecule has 0 aromatic heterocycles. The Bertz CT molecular complexity index is 299. The lowest BCUT2D eigenvalue weighted by Gasteiger charge is -2.35. The molecule has 0 bridgehead atoms. The quantitative estimate of drug-likeness (QED) is 0.638. The Morgan fingerprint density at radius 1 is 0.950 bits per heavy atom. The summed E-state index contributed by atoms with van der Waals surface area (Å²) in [4.78, 5) is 2.28. The normalized spacial score (nSPS) is 14.5. The Balaban J connectivity index is 4.51. The zero-order valence-corrected chi connectivity index (χ0v) is 15.2. The molecule has 0 aromatic carbocycles. The number of rotatable bonds is 9. The van der Waals surface area contributed by atoms with Gasteiger partial charge in [-0.15, -0.1) is 0 Å². The highest BCUT2D eigenvalue weighted by Gasteiger charge is 2.27. The lowest BCUT2D eigenvalue weighted by atomic mass is 9.74. The van der Waals surface area contributed by atoms with Crippen LogP contribution in [0.1, 0.15) is 60.8 Å². The van der Waals surface area contributed by atoms with Gasteiger partial charge in [-0.25, -0.2) is 0 Å². The van der Waals surface area contributed by atoms with Gasteiger partial charge in [0.1, 0.15) is 0 Å². The summed E-state index contributed by atoms with van der Waals surface area (Å²) in [5, 5.41) is 0. The van der Waals surface area contributed by atoms with E-state index in [2.05, 4.69) is 72.7 Å². The number of allylic oxidation sites excluding steroid dienone is 2. The first-order chi connectivity index (χ1) is 8.89. The molecule has 0 fully saturated rings. The van der Waals surface area contributed by atoms with Crippen molar-refractivity contribution in [3.8, 4) is 0 Å². The van der Waals surface area contributed by atoms with Gasteiger partial charge in [-0.1, -0.05) is 53.7 Å². The van der Waals surface area contributed by atoms with Crippen molar-refractivity contribution in [2.45, 2.75) is 60.8 Å². The second kappa shape index (κ2) is 7.61. The van der Waals surface area contributed by atoms with Crippen molar-refractivity contribution in [1.82, 2.24) is 4.90 Å². The third-order valence-electron chi connectivity index (χ3n) is 3.74. The molecule has 0 aromatic rings. The highest BCUT2D eigenvalue weighted by Crippen LogP contribution is 2.36. The third kappa shape index (κ3) is 9.55. The number of nitrogens with zero attached hydrogens (tertiary/aromatic N) is 1. The predicted octanol–water partition coefficient (Wildman–Crippen LogP) is 4.31. The molecule has 0 amide bonds. The van der Waals surface area contributed by atoms with Crippen LogP contribution in [0.25, 0.3) is 0 Å². The molecule has 2 N–H and O–H groups in total. The smallest absolute Gasteiger partial charge is 0.00269 e. The molecule has 0 spiro atoms. The van der Waals surface area contributed by atoms with Gasteiger partial charge in [0.05, 0.1) is 0 Å². The Labute approximate surface area is 127 Å². The number of nitrogens with two attached hydrogens (primary N) is 1. The van der Waals surface area contributed by atoms with E-state index in [1.54, 1.807) is 0 Å². The zero-order chi connectivity index (χ0) is 16.0. The van der Waals surface area contributed by atoms with Crippen molar-refractivity contribution in [2.24, 2.45) is 22.0 Å². The van der Waals surface area contributed by atoms with E-state index in [0.717, 1.165) is 25.9 Å². The van der Waals surface area contributed by atoms with Crippen molar-refractivity contribution < 1.29 is 0 Å². The maximum Gasteiger partial charge on any atom is 0.00269 e. The number of hydrogen-bond donors (Lipinski definition) is 1. The third-order valence-corrected chi connectivity index (χ3v) is 3.74. The molecule has 2 heteroatoms. The maximum absolute atomic E-state index is 5.67. The molecule has 0 aliphatic rings. The van der Waals surface area contributed by atoms with Crippen molar-refractivity contribution >= 4 is 0 Å². The van der Waals surface area contributed by atoms with Gasteiger partial charge in [0, 0.05) is 6.54 Å². The molecule has 0 aliphatic heterocycles. The van der Waals surface area contributed by atoms with Gasteiger partial charge in [0.25, 0.3) is 0 Å². The van der Waals surface area contributed by atoms with Gasteiger partial charge in [0.15, 0.2) is 0 Å². The molecule has 0 unspecified atom stereocenters. The summed E-state index contributed by atoms with van der Waals surface area (Å²) >= 11 is 0. The minimum Gasteiger partial charge on any atom is -0.330 e. The SMILES string of the molecule is CN(C)CC(C)(C)CC(C)(C)/C=C/CC(C)(C)CCN. The van der Waals surface area contributed by atoms with Crippen molar-refractivity contribution in [3.63, 3.8) is 0 Å². The van der Waals surface area contributed by atoms with Crippen LogP contribution in [0.4, 0.5) is 0 Å². The average Bonchev–Trinajstić information content (AvgIpc) is 2.11. The van der Waals surface area contributed by atoms with Crippen molar-refractivity contribution in [3.05, 3.63) is 12.2 Å². The largest absolute Gasteiger partial charge is 0.330 e. The van der Waals surface area contributed by atoms with Crippen molar-refractivity contribution in [1.29, 1.82) is 0 Å². The van der Waals surface area contributed by atoms with E-state index >= 15 is 0 Å². The van der Waals surface area contributed by atoms with Crippen LogP contribution in [-0.2, 0) is 0 Å². The summed E-state index contributed by atoms with van der Waals surface area (Å²) in [5.41, 5.74) is 6.58. The van der Waals surface area contributed by atoms with Crippen LogP contribution < -0.4 is 5.73 Å². The topological polar surface area (TPSA) is 29.3 Å². The summed E-state index contributed by atoms with van der Waals surface area (Å²) in [6.45, 7) is 15.9. The molecule has 0 radical (unpaired) electrons. The van der Waals surface area contributed by atoms with E-state index in [1.807, 2.05) is 0 Å². The van der Waals surface area contributed by atoms with Crippen molar-refractivity contribution in [2.75, 3.05) is 27.2 Å². The lowest BCUT2D eigenvalue weighted by Crippen LogP contribution is -2.32. The van der Waals surface area contributed by atoms with E-state index in [9.17, 15) is 0 Å². The summed E-state index contributed by atoms with van der Waals surface area (Å²) in [6.07, 6.45) is 8.17. The minimum absolute atomic E-state index is 0.248. The highest BCUT2D eigenvalue weighted by atomic mass is 15.1. The fourth-order valence-electron chi connectivity index (χ4n) is 3.39. The lowest BCUT2D eigenvalue weighted by molar-refractivity contribution is 0.176. The molecule has 0 saturated heterocycles. The molecule has 0 saturated carbocycles. The monoisotopic (exact) mass is 282 g/mol. The molecule has 20 heavy (non-hydrogen) atoms. The Morgan fingerprint density at radius 3 is 1.95 bits per heavy atom. The average molecular weight is 283 g/mol. The van der Waals surface area contributed by atoms with E-state index in [-0.39, 0.29) is 5.41 Å². The molecular weight excluding hydrogens is 244 g/mol. The van der Waals surface area contributed by atoms with Crippen LogP contribution in [-0.4, -0.2) is 32.1 Å². The first kappa shape index (κ1) is 19.7. The van der Waals surface area contributed by atoms with Crippen LogP contribution >= 0.6 is 0 Å². The van der Waals surface area contributed by atoms with Gasteiger partial charge in [0.2, 0.25) is 0 Å². The number of hydrogen-bond acceptors (Lipinski definition) is 2. The van der Waals surface area contributed by atoms with E-state index in [4.69, 9.17) is 5.73 Å². The van der Waals surface area contributed by atoms with Gasteiger partial charge in [-0.3, -0.25) is 0 Å². The second-order valence-electron chi connectivity index (χ2n) is 8.88. The van der Waals surface area contributed by atoms with Crippen LogP contribution in [0.5, 0.6) is 0 Å². The minimum atomic E-state index is 0.248. The fraction of sp³-hybridized carbons (Fsp3) is 0.889. The summed E-state index contributed by atoms with van der Waals surface area (Å²) in [6, 6.07) is 0. The second-order valence-corrected chi connectivity index (χ2v) is 8.88. The first-order valence-corrected chi connectivity index (χ1v) is 7.92. The Hall–Kier alpha value is -0.340. The molecule has 0 heterocycles. The van der Waals surface area contributed by atoms with Crippen LogP contribution in [0.15, 0.2) is 12.2 Å². The summed E-state index contributed by atoms with van der Waals surface area (Å²) in [7, 11) is 4.31. The van der Waals surface area contributed by atoms with Crippen LogP contribution in [0.2, 0.25) is 0 Å². The van der Waals surface area contributed by atoms with E-state index in [1.165, 1.54) is 6.42 Å². The highest BCUT2D eigenvalue weighted by molar-refractivity contribution is 4.99. The van der Waals surface area contributed by atoms with Gasteiger partial charge < -0.3 is 10.6 Å². The molecule has 0 aliphatic carbocycles. The molecule has 2 nitrogen and oxygen atoms in total. The van der Waals surface area contributed by atoms with Gasteiger partial charge >= 0.3 is 0 Å². The Kier molecular flexibility index (Phi) is 7.48. The summed E-state index contributed by atoms with van der Waals surface area (Å²) < 4.78 is 0. The zero-order valence-electron chi connectivity index (χ0n) is 15.2. The first-order valence-electron chi connectivity index (χ1n) is 7.92. The van der Waals surface area contributed by atoms with E-state index in [0.29, 0.717) is 10.8 Å². The maximum atomic E-state index is 5.67. The van der Waals surface area contributed by atoms with Crippen LogP contribution in [0.3, 0.4) is 0 Å². The fourth-order valence-corrected chi connectivity index (χ4v) is 3.39. The summed E-state index contributed by atoms with van der Waals surface area (Å²) in [5.74, 6) is 0. The van der Waals surface area contributed by atoms with Crippen LogP contribution in [0, 0.1) is 16.2 Å². The predicted molar refractivity (Wildman–Crippen MR) is 91.9 cm³/mol. The van der Waals surface area contributed by atoms with Gasteiger partial charge in [-0.2, -0.15) is 0 Å². The molecule has 0 atom stereocenters. The Morgan fingerprint density at radius 2 is 1.50 bits per heavy atom. The molecular formula is C18H38N2. The molecule has 120 valence electrons. The standard InChI is InChI=1S/C18H38N2/c1-16(2,12-13-19)10-9-11-17(3,4)14-18(5,6)15-20(7)8/h9,11H,10,12-15,19H2,1-8H3/b11-9+. The van der Waals surface area contributed by atoms with Gasteiger partial charge in [-0.05, 0) is 56.1 Å².